The lowest BCUT2D eigenvalue weighted by atomic mass is 10.1. The fourth-order valence-corrected chi connectivity index (χ4v) is 1.09. The van der Waals surface area contributed by atoms with Crippen molar-refractivity contribution in [3.8, 4) is 12.3 Å². The van der Waals surface area contributed by atoms with E-state index in [4.69, 9.17) is 11.5 Å². The van der Waals surface area contributed by atoms with Gasteiger partial charge < -0.3 is 15.5 Å². The molecule has 4 nitrogen and oxygen atoms in total. The molecule has 14 heavy (non-hydrogen) atoms. The topological polar surface area (TPSA) is 69.6 Å². The Hall–Kier alpha value is -1.05. The van der Waals surface area contributed by atoms with Crippen molar-refractivity contribution in [1.29, 1.82) is 0 Å². The number of carboxylic acids is 1. The van der Waals surface area contributed by atoms with Gasteiger partial charge in [-0.05, 0) is 6.42 Å². The molecule has 3 N–H and O–H groups in total. The van der Waals surface area contributed by atoms with Gasteiger partial charge in [-0.3, -0.25) is 4.79 Å². The largest absolute Gasteiger partial charge is 0.481 e. The van der Waals surface area contributed by atoms with Crippen molar-refractivity contribution in [2.24, 2.45) is 0 Å². The minimum atomic E-state index is -1.01. The van der Waals surface area contributed by atoms with Gasteiger partial charge in [-0.15, -0.1) is 6.42 Å². The monoisotopic (exact) mass is 199 g/mol. The summed E-state index contributed by atoms with van der Waals surface area (Å²) in [5.41, 5.74) is 0. The Morgan fingerprint density at radius 3 is 2.71 bits per heavy atom. The lowest BCUT2D eigenvalue weighted by Crippen LogP contribution is -2.35. The molecule has 0 rings (SSSR count). The van der Waals surface area contributed by atoms with E-state index in [0.29, 0.717) is 0 Å². The number of terminal acetylenes is 1. The summed E-state index contributed by atoms with van der Waals surface area (Å²) in [4.78, 5) is 10.2. The Morgan fingerprint density at radius 1 is 1.64 bits per heavy atom. The van der Waals surface area contributed by atoms with Gasteiger partial charge in [0.15, 0.2) is 0 Å². The summed E-state index contributed by atoms with van der Waals surface area (Å²) < 4.78 is 0. The maximum absolute atomic E-state index is 10.2. The van der Waals surface area contributed by atoms with Gasteiger partial charge in [-0.25, -0.2) is 0 Å². The molecular weight excluding hydrogens is 182 g/mol. The molecule has 0 heterocycles. The van der Waals surface area contributed by atoms with Crippen LogP contribution in [0.25, 0.3) is 0 Å². The summed E-state index contributed by atoms with van der Waals surface area (Å²) >= 11 is 0. The Labute approximate surface area is 84.3 Å². The molecular formula is C10H17NO3. The van der Waals surface area contributed by atoms with Crippen molar-refractivity contribution in [1.82, 2.24) is 5.32 Å². The number of carbonyl (C=O) groups is 1. The molecule has 4 heteroatoms. The summed E-state index contributed by atoms with van der Waals surface area (Å²) in [5, 5.41) is 20.5. The summed E-state index contributed by atoms with van der Waals surface area (Å²) in [6, 6.07) is -0.0801. The first-order valence-corrected chi connectivity index (χ1v) is 4.69. The van der Waals surface area contributed by atoms with E-state index < -0.39 is 12.1 Å². The Bertz CT molecular complexity index is 210. The van der Waals surface area contributed by atoms with Crippen LogP contribution in [-0.2, 0) is 4.79 Å². The first kappa shape index (κ1) is 12.9. The van der Waals surface area contributed by atoms with E-state index in [2.05, 4.69) is 11.2 Å². The Kier molecular flexibility index (Phi) is 6.81. The average Bonchev–Trinajstić information content (AvgIpc) is 2.11. The zero-order valence-corrected chi connectivity index (χ0v) is 8.36. The predicted molar refractivity (Wildman–Crippen MR) is 53.8 cm³/mol. The standard InChI is InChI=1S/C10H17NO3/c1-3-5-8(4-2)11-7-9(12)6-10(13)14/h2,8-9,11-12H,3,5-7H2,1H3,(H,13,14). The van der Waals surface area contributed by atoms with Gasteiger partial charge in [0.1, 0.15) is 0 Å². The fourth-order valence-electron chi connectivity index (χ4n) is 1.09. The number of hydrogen-bond acceptors (Lipinski definition) is 3. The van der Waals surface area contributed by atoms with Crippen LogP contribution in [0.5, 0.6) is 0 Å². The summed E-state index contributed by atoms with van der Waals surface area (Å²) in [7, 11) is 0. The third kappa shape index (κ3) is 6.46. The molecule has 0 fully saturated rings. The second-order valence-corrected chi connectivity index (χ2v) is 3.17. The Morgan fingerprint density at radius 2 is 2.29 bits per heavy atom. The van der Waals surface area contributed by atoms with Crippen LogP contribution < -0.4 is 5.32 Å². The van der Waals surface area contributed by atoms with Crippen LogP contribution in [0.15, 0.2) is 0 Å². The van der Waals surface area contributed by atoms with E-state index in [-0.39, 0.29) is 19.0 Å². The SMILES string of the molecule is C#CC(CCC)NCC(O)CC(=O)O. The van der Waals surface area contributed by atoms with Gasteiger partial charge in [0, 0.05) is 6.54 Å². The van der Waals surface area contributed by atoms with Crippen LogP contribution in [0.2, 0.25) is 0 Å². The van der Waals surface area contributed by atoms with E-state index in [9.17, 15) is 9.90 Å². The minimum absolute atomic E-state index is 0.0801. The highest BCUT2D eigenvalue weighted by atomic mass is 16.4. The van der Waals surface area contributed by atoms with Gasteiger partial charge >= 0.3 is 5.97 Å². The van der Waals surface area contributed by atoms with E-state index in [1.807, 2.05) is 6.92 Å². The van der Waals surface area contributed by atoms with Gasteiger partial charge in [0.25, 0.3) is 0 Å². The molecule has 0 saturated heterocycles. The van der Waals surface area contributed by atoms with Crippen LogP contribution >= 0.6 is 0 Å². The zero-order chi connectivity index (χ0) is 11.0. The van der Waals surface area contributed by atoms with E-state index >= 15 is 0 Å². The van der Waals surface area contributed by atoms with Crippen molar-refractivity contribution in [3.05, 3.63) is 0 Å². The first-order valence-electron chi connectivity index (χ1n) is 4.69. The molecule has 0 bridgehead atoms. The number of nitrogens with one attached hydrogen (secondary N) is 1. The number of aliphatic hydroxyl groups excluding tert-OH is 1. The van der Waals surface area contributed by atoms with Gasteiger partial charge in [0.2, 0.25) is 0 Å². The van der Waals surface area contributed by atoms with Crippen molar-refractivity contribution in [2.45, 2.75) is 38.3 Å². The Balaban J connectivity index is 3.69. The molecule has 0 aliphatic heterocycles. The van der Waals surface area contributed by atoms with Crippen LogP contribution in [0, 0.1) is 12.3 Å². The zero-order valence-electron chi connectivity index (χ0n) is 8.36. The van der Waals surface area contributed by atoms with Crippen LogP contribution in [0.4, 0.5) is 0 Å². The molecule has 80 valence electrons. The van der Waals surface area contributed by atoms with Crippen molar-refractivity contribution in [3.63, 3.8) is 0 Å². The maximum Gasteiger partial charge on any atom is 0.306 e. The number of aliphatic carboxylic acids is 1. The molecule has 0 aromatic carbocycles. The number of rotatable bonds is 7. The molecule has 0 aliphatic rings. The van der Waals surface area contributed by atoms with E-state index in [1.54, 1.807) is 0 Å². The number of hydrogen-bond donors (Lipinski definition) is 3. The van der Waals surface area contributed by atoms with Gasteiger partial charge in [-0.1, -0.05) is 19.3 Å². The highest BCUT2D eigenvalue weighted by Crippen LogP contribution is 1.96. The molecule has 0 saturated carbocycles. The van der Waals surface area contributed by atoms with Gasteiger partial charge in [0.05, 0.1) is 18.6 Å². The summed E-state index contributed by atoms with van der Waals surface area (Å²) in [5.74, 6) is 1.53. The predicted octanol–water partition coefficient (Wildman–Crippen LogP) is 0.213. The quantitative estimate of drug-likeness (QED) is 0.513. The molecule has 0 radical (unpaired) electrons. The highest BCUT2D eigenvalue weighted by molar-refractivity contribution is 5.67. The molecule has 0 spiro atoms. The molecule has 0 aromatic heterocycles. The third-order valence-electron chi connectivity index (χ3n) is 1.79. The lowest BCUT2D eigenvalue weighted by molar-refractivity contribution is -0.139. The van der Waals surface area contributed by atoms with Crippen molar-refractivity contribution >= 4 is 5.97 Å². The normalized spacial score (nSPS) is 14.4. The second kappa shape index (κ2) is 7.36. The fraction of sp³-hybridized carbons (Fsp3) is 0.700. The first-order chi connectivity index (χ1) is 6.60. The minimum Gasteiger partial charge on any atom is -0.481 e. The van der Waals surface area contributed by atoms with E-state index in [0.717, 1.165) is 12.8 Å². The van der Waals surface area contributed by atoms with Crippen LogP contribution in [0.1, 0.15) is 26.2 Å². The summed E-state index contributed by atoms with van der Waals surface area (Å²) in [6.45, 7) is 2.24. The van der Waals surface area contributed by atoms with Crippen molar-refractivity contribution < 1.29 is 15.0 Å². The highest BCUT2D eigenvalue weighted by Gasteiger charge is 2.11. The molecule has 0 amide bonds. The number of aliphatic hydroxyl groups is 1. The second-order valence-electron chi connectivity index (χ2n) is 3.17. The number of carboxylic acid groups (broad SMARTS) is 1. The lowest BCUT2D eigenvalue weighted by Gasteiger charge is -2.14. The molecule has 2 unspecified atom stereocenters. The molecule has 0 aromatic rings. The maximum atomic E-state index is 10.2. The molecule has 2 atom stereocenters. The van der Waals surface area contributed by atoms with Crippen LogP contribution in [-0.4, -0.2) is 34.9 Å². The third-order valence-corrected chi connectivity index (χ3v) is 1.79. The summed E-state index contributed by atoms with van der Waals surface area (Å²) in [6.07, 6.45) is 5.89. The van der Waals surface area contributed by atoms with Crippen LogP contribution in [0.3, 0.4) is 0 Å². The molecule has 0 aliphatic carbocycles. The van der Waals surface area contributed by atoms with Gasteiger partial charge in [-0.2, -0.15) is 0 Å². The average molecular weight is 199 g/mol. The van der Waals surface area contributed by atoms with E-state index in [1.165, 1.54) is 0 Å². The smallest absolute Gasteiger partial charge is 0.306 e. The van der Waals surface area contributed by atoms with Crippen molar-refractivity contribution in [2.75, 3.05) is 6.54 Å².